The Balaban J connectivity index is 1.03. The lowest BCUT2D eigenvalue weighted by atomic mass is 9.33. The number of furan rings is 1. The zero-order chi connectivity index (χ0) is 73.7. The molecular weight excluding hydrogens is 1140 g/mol. The summed E-state index contributed by atoms with van der Waals surface area (Å²) in [4.78, 5) is 4.61. The number of benzene rings is 14. The maximum absolute atomic E-state index is 9.77. The summed E-state index contributed by atoms with van der Waals surface area (Å²) >= 11 is 0. The largest absolute Gasteiger partial charge is 0.456 e. The number of rotatable bonds is 8. The van der Waals surface area contributed by atoms with Crippen molar-refractivity contribution in [2.24, 2.45) is 0 Å². The number of hydrogen-bond acceptors (Lipinski definition) is 3. The summed E-state index contributed by atoms with van der Waals surface area (Å²) in [7, 11) is 0. The molecule has 0 bridgehead atoms. The van der Waals surface area contributed by atoms with Gasteiger partial charge in [0, 0.05) is 61.1 Å². The van der Waals surface area contributed by atoms with Gasteiger partial charge < -0.3 is 23.4 Å². The fourth-order valence-electron chi connectivity index (χ4n) is 14.9. The van der Waals surface area contributed by atoms with Gasteiger partial charge >= 0.3 is 0 Å². The Hall–Kier alpha value is -11.9. The summed E-state index contributed by atoms with van der Waals surface area (Å²) in [6, 6.07) is 74.6. The van der Waals surface area contributed by atoms with Crippen LogP contribution in [0.25, 0.3) is 121 Å². The van der Waals surface area contributed by atoms with Crippen LogP contribution in [0.1, 0.15) is 44.2 Å². The van der Waals surface area contributed by atoms with Crippen LogP contribution in [0.2, 0.25) is 0 Å². The Morgan fingerprint density at radius 3 is 1.53 bits per heavy atom. The van der Waals surface area contributed by atoms with Crippen molar-refractivity contribution >= 4 is 123 Å². The number of nitrogens with zero attached hydrogens (tertiary/aromatic N) is 4. The number of hydrogen-bond donors (Lipinski definition) is 0. The molecule has 0 amide bonds. The van der Waals surface area contributed by atoms with Crippen molar-refractivity contribution in [1.29, 1.82) is 0 Å². The van der Waals surface area contributed by atoms with E-state index in [0.717, 1.165) is 111 Å². The van der Waals surface area contributed by atoms with Crippen molar-refractivity contribution in [3.63, 3.8) is 0 Å². The van der Waals surface area contributed by atoms with E-state index in [1.165, 1.54) is 0 Å². The molecule has 2 aliphatic rings. The fourth-order valence-corrected chi connectivity index (χ4v) is 14.9. The van der Waals surface area contributed by atoms with E-state index in [1.54, 1.807) is 4.57 Å². The van der Waals surface area contributed by atoms with Crippen molar-refractivity contribution in [2.75, 3.05) is 9.80 Å². The first-order valence-corrected chi connectivity index (χ1v) is 31.6. The molecule has 5 heterocycles. The average Bonchev–Trinajstić information content (AvgIpc) is 1.45. The summed E-state index contributed by atoms with van der Waals surface area (Å²) in [5.41, 5.74) is 17.6. The van der Waals surface area contributed by atoms with E-state index in [0.29, 0.717) is 39.5 Å². The first kappa shape index (κ1) is 42.3. The highest BCUT2D eigenvalue weighted by atomic mass is 16.3. The van der Waals surface area contributed by atoms with Crippen molar-refractivity contribution in [2.45, 2.75) is 26.2 Å². The maximum Gasteiger partial charge on any atom is 0.252 e. The highest BCUT2D eigenvalue weighted by molar-refractivity contribution is 7.00. The lowest BCUT2D eigenvalue weighted by molar-refractivity contribution is 0.590. The number of para-hydroxylation sites is 5. The monoisotopic (exact) mass is 1210 g/mol. The molecule has 0 N–H and O–H groups in total. The molecule has 442 valence electrons. The number of anilines is 6. The van der Waals surface area contributed by atoms with Gasteiger partial charge in [0.25, 0.3) is 6.71 Å². The summed E-state index contributed by atoms with van der Waals surface area (Å²) in [6.45, 7) is 5.88. The van der Waals surface area contributed by atoms with Gasteiger partial charge in [0.15, 0.2) is 0 Å². The topological polar surface area (TPSA) is 29.5 Å². The molecule has 5 nitrogen and oxygen atoms in total. The molecule has 0 radical (unpaired) electrons. The molecule has 2 aliphatic heterocycles. The highest BCUT2D eigenvalue weighted by Gasteiger charge is 2.45. The minimum atomic E-state index is -0.698. The molecule has 0 fully saturated rings. The Bertz CT molecular complexity index is 6640. The molecule has 3 aromatic heterocycles. The molecule has 0 unspecified atom stereocenters. The molecule has 19 rings (SSSR count). The van der Waals surface area contributed by atoms with Gasteiger partial charge in [-0.2, -0.15) is 0 Å². The zero-order valence-corrected chi connectivity index (χ0v) is 51.3. The van der Waals surface area contributed by atoms with E-state index in [-0.39, 0.29) is 44.9 Å². The molecule has 94 heavy (non-hydrogen) atoms. The Morgan fingerprint density at radius 1 is 0.319 bits per heavy atom. The minimum Gasteiger partial charge on any atom is -0.456 e. The standard InChI is InChI=1S/C88H61BN4O/c1-88(2,3)64-32-24-31-59(47-64)62-52-81-87-82(53-62)93(80-51-63(58-29-12-6-13-30-58)54-84-86(80)70-38-19-23-42-83(70)94-84)77-55-66(91-73-39-20-16-35-67(73)68-36-17-21-40-74(68)91)44-46-72(77)89(87)71-45-43-60(56-25-8-4-9-26-56)48-76(71)92(81)79-50-61(57-27-10-5-11-28-57)49-78-85(79)69-37-18-22-41-75(69)90(78)65-33-14-7-15-34-65/h4-55H,1-3H3/i4D,8D,9D,16D,17D,20D,21D,25D,26D,35D,36D,39D,40D. The van der Waals surface area contributed by atoms with Crippen molar-refractivity contribution < 1.29 is 22.2 Å². The van der Waals surface area contributed by atoms with Gasteiger partial charge in [-0.15, -0.1) is 0 Å². The van der Waals surface area contributed by atoms with E-state index in [2.05, 4.69) is 163 Å². The predicted molar refractivity (Wildman–Crippen MR) is 397 cm³/mol. The van der Waals surface area contributed by atoms with E-state index >= 15 is 0 Å². The Kier molecular flexibility index (Phi) is 9.37. The van der Waals surface area contributed by atoms with E-state index in [1.807, 2.05) is 109 Å². The molecule has 0 saturated heterocycles. The smallest absolute Gasteiger partial charge is 0.252 e. The quantitative estimate of drug-likeness (QED) is 0.142. The van der Waals surface area contributed by atoms with Crippen LogP contribution in [0.3, 0.4) is 0 Å². The second-order valence-corrected chi connectivity index (χ2v) is 25.4. The summed E-state index contributed by atoms with van der Waals surface area (Å²) in [5, 5.41) is 3.38. The van der Waals surface area contributed by atoms with Crippen LogP contribution in [0, 0.1) is 0 Å². The minimum absolute atomic E-state index is 0.0264. The summed E-state index contributed by atoms with van der Waals surface area (Å²) in [5.74, 6) is 0. The molecule has 0 saturated carbocycles. The number of aromatic nitrogens is 2. The van der Waals surface area contributed by atoms with Crippen molar-refractivity contribution in [3.05, 3.63) is 321 Å². The fraction of sp³-hybridized carbons (Fsp3) is 0.0455. The van der Waals surface area contributed by atoms with Gasteiger partial charge in [-0.05, 0) is 163 Å². The second kappa shape index (κ2) is 20.8. The number of fused-ring (bicyclic) bond motifs is 13. The molecular formula is C88H61BN4O. The SMILES string of the molecule is [2H]c1c([2H])c([2H])c(-c2ccc3c(c2)N(c2cc(-c4ccccc4)cc4c2c2ccccc2n4-c2ccccc2)c2cc(-c4cccc(C(C)(C)C)c4)cc4c2B3c2ccc(-n3c5c([2H])c([2H])c([2H])c([2H])c5c5c([2H])c([2H])c([2H])c([2H])c53)cc2N4c2cc(-c3ccccc3)cc3oc4ccccc4c23)c([2H])c1[2H]. The van der Waals surface area contributed by atoms with Crippen LogP contribution in [0.5, 0.6) is 0 Å². The van der Waals surface area contributed by atoms with E-state index < -0.39 is 73.2 Å². The summed E-state index contributed by atoms with van der Waals surface area (Å²) in [6.07, 6.45) is 0. The predicted octanol–water partition coefficient (Wildman–Crippen LogP) is 21.8. The molecule has 6 heteroatoms. The van der Waals surface area contributed by atoms with Gasteiger partial charge in [-0.1, -0.05) is 245 Å². The second-order valence-electron chi connectivity index (χ2n) is 25.4. The molecule has 17 aromatic rings. The van der Waals surface area contributed by atoms with E-state index in [4.69, 9.17) is 11.3 Å². The van der Waals surface area contributed by atoms with Crippen LogP contribution in [0.4, 0.5) is 34.1 Å². The zero-order valence-electron chi connectivity index (χ0n) is 64.3. The Labute approximate surface area is 564 Å². The summed E-state index contributed by atoms with van der Waals surface area (Å²) < 4.78 is 132. The average molecular weight is 1210 g/mol. The normalized spacial score (nSPS) is 14.7. The first-order chi connectivity index (χ1) is 51.7. The van der Waals surface area contributed by atoms with Crippen molar-refractivity contribution in [3.8, 4) is 55.9 Å². The van der Waals surface area contributed by atoms with Crippen LogP contribution in [0.15, 0.2) is 320 Å². The van der Waals surface area contributed by atoms with Crippen LogP contribution in [-0.4, -0.2) is 15.8 Å². The van der Waals surface area contributed by atoms with Crippen LogP contribution < -0.4 is 26.2 Å². The highest BCUT2D eigenvalue weighted by Crippen LogP contribution is 2.53. The van der Waals surface area contributed by atoms with Gasteiger partial charge in [0.1, 0.15) is 11.2 Å². The van der Waals surface area contributed by atoms with Crippen molar-refractivity contribution in [1.82, 2.24) is 9.13 Å². The Morgan fingerprint density at radius 2 is 0.840 bits per heavy atom. The lowest BCUT2D eigenvalue weighted by Gasteiger charge is -2.45. The molecule has 0 spiro atoms. The van der Waals surface area contributed by atoms with Gasteiger partial charge in [-0.3, -0.25) is 0 Å². The van der Waals surface area contributed by atoms with E-state index in [9.17, 15) is 11.0 Å². The maximum atomic E-state index is 9.77. The third-order valence-electron chi connectivity index (χ3n) is 19.1. The van der Waals surface area contributed by atoms with Crippen LogP contribution >= 0.6 is 0 Å². The van der Waals surface area contributed by atoms with Gasteiger partial charge in [0.2, 0.25) is 0 Å². The molecule has 14 aromatic carbocycles. The van der Waals surface area contributed by atoms with Gasteiger partial charge in [0.05, 0.1) is 56.6 Å². The van der Waals surface area contributed by atoms with Gasteiger partial charge in [-0.25, -0.2) is 0 Å². The lowest BCUT2D eigenvalue weighted by Crippen LogP contribution is -2.61. The third-order valence-corrected chi connectivity index (χ3v) is 19.1. The first-order valence-electron chi connectivity index (χ1n) is 38.1. The molecule has 0 aliphatic carbocycles. The molecule has 0 atom stereocenters. The van der Waals surface area contributed by atoms with Crippen LogP contribution in [-0.2, 0) is 5.41 Å². The third kappa shape index (κ3) is 8.29.